The maximum atomic E-state index is 13.4. The SMILES string of the molecule is CC1CCC2(CC1)NC(=O)N(CC(=O)NC(c1ccccc1)c1ccc(F)cc1)C2=O. The average molecular weight is 423 g/mol. The molecule has 2 aromatic rings. The number of carbonyl (C=O) groups is 3. The first-order chi connectivity index (χ1) is 14.9. The molecule has 2 N–H and O–H groups in total. The molecule has 4 rings (SSSR count). The van der Waals surface area contributed by atoms with Gasteiger partial charge in [-0.25, -0.2) is 9.18 Å². The van der Waals surface area contributed by atoms with E-state index in [0.29, 0.717) is 24.3 Å². The molecule has 1 unspecified atom stereocenters. The van der Waals surface area contributed by atoms with Crippen molar-refractivity contribution < 1.29 is 18.8 Å². The average Bonchev–Trinajstić information content (AvgIpc) is 3.00. The van der Waals surface area contributed by atoms with E-state index in [1.165, 1.54) is 12.1 Å². The van der Waals surface area contributed by atoms with Gasteiger partial charge in [-0.2, -0.15) is 0 Å². The lowest BCUT2D eigenvalue weighted by atomic mass is 9.77. The third kappa shape index (κ3) is 4.31. The minimum atomic E-state index is -0.875. The van der Waals surface area contributed by atoms with Gasteiger partial charge in [0.15, 0.2) is 0 Å². The Morgan fingerprint density at radius 2 is 1.71 bits per heavy atom. The first-order valence-corrected chi connectivity index (χ1v) is 10.6. The Morgan fingerprint density at radius 1 is 1.10 bits per heavy atom. The van der Waals surface area contributed by atoms with Crippen LogP contribution in [0.25, 0.3) is 0 Å². The van der Waals surface area contributed by atoms with Gasteiger partial charge in [-0.15, -0.1) is 0 Å². The van der Waals surface area contributed by atoms with Gasteiger partial charge in [0.2, 0.25) is 5.91 Å². The first kappa shape index (κ1) is 21.0. The van der Waals surface area contributed by atoms with E-state index in [0.717, 1.165) is 23.3 Å². The summed E-state index contributed by atoms with van der Waals surface area (Å²) in [6.07, 6.45) is 2.93. The molecular weight excluding hydrogens is 397 g/mol. The number of benzene rings is 2. The Balaban J connectivity index is 1.50. The van der Waals surface area contributed by atoms with Crippen LogP contribution in [-0.4, -0.2) is 34.8 Å². The highest BCUT2D eigenvalue weighted by Gasteiger charge is 2.52. The molecule has 1 heterocycles. The smallest absolute Gasteiger partial charge is 0.325 e. The van der Waals surface area contributed by atoms with E-state index >= 15 is 0 Å². The second kappa shape index (κ2) is 8.49. The number of rotatable bonds is 5. The van der Waals surface area contributed by atoms with Crippen molar-refractivity contribution in [1.82, 2.24) is 15.5 Å². The molecule has 1 saturated carbocycles. The molecule has 2 aliphatic rings. The number of hydrogen-bond acceptors (Lipinski definition) is 3. The second-order valence-electron chi connectivity index (χ2n) is 8.55. The molecule has 2 fully saturated rings. The third-order valence-corrected chi connectivity index (χ3v) is 6.32. The van der Waals surface area contributed by atoms with Crippen LogP contribution >= 0.6 is 0 Å². The number of halogens is 1. The minimum Gasteiger partial charge on any atom is -0.344 e. The van der Waals surface area contributed by atoms with Crippen LogP contribution in [0.4, 0.5) is 9.18 Å². The highest BCUT2D eigenvalue weighted by molar-refractivity contribution is 6.09. The molecule has 2 aromatic carbocycles. The predicted molar refractivity (Wildman–Crippen MR) is 113 cm³/mol. The van der Waals surface area contributed by atoms with Gasteiger partial charge in [-0.05, 0) is 54.9 Å². The molecule has 1 saturated heterocycles. The molecule has 1 aliphatic carbocycles. The maximum Gasteiger partial charge on any atom is 0.325 e. The third-order valence-electron chi connectivity index (χ3n) is 6.32. The zero-order valence-electron chi connectivity index (χ0n) is 17.4. The van der Waals surface area contributed by atoms with Gasteiger partial charge in [-0.1, -0.05) is 49.4 Å². The van der Waals surface area contributed by atoms with E-state index in [1.807, 2.05) is 30.3 Å². The molecule has 1 aliphatic heterocycles. The van der Waals surface area contributed by atoms with Crippen LogP contribution in [0.3, 0.4) is 0 Å². The summed E-state index contributed by atoms with van der Waals surface area (Å²) >= 11 is 0. The Morgan fingerprint density at radius 3 is 2.35 bits per heavy atom. The van der Waals surface area contributed by atoms with E-state index in [-0.39, 0.29) is 18.3 Å². The van der Waals surface area contributed by atoms with Gasteiger partial charge >= 0.3 is 6.03 Å². The van der Waals surface area contributed by atoms with E-state index in [4.69, 9.17) is 0 Å². The number of carbonyl (C=O) groups excluding carboxylic acids is 3. The standard InChI is InChI=1S/C24H26FN3O3/c1-16-11-13-24(14-12-16)22(30)28(23(31)27-24)15-20(29)26-21(17-5-3-2-4-6-17)18-7-9-19(25)10-8-18/h2-10,16,21H,11-15H2,1H3,(H,26,29)(H,27,31). The number of urea groups is 1. The summed E-state index contributed by atoms with van der Waals surface area (Å²) in [6.45, 7) is 1.78. The molecule has 1 spiro atoms. The first-order valence-electron chi connectivity index (χ1n) is 10.6. The lowest BCUT2D eigenvalue weighted by Gasteiger charge is -2.33. The van der Waals surface area contributed by atoms with Crippen molar-refractivity contribution in [2.45, 2.75) is 44.2 Å². The van der Waals surface area contributed by atoms with Gasteiger partial charge in [0.05, 0.1) is 6.04 Å². The fourth-order valence-corrected chi connectivity index (χ4v) is 4.42. The molecule has 0 radical (unpaired) electrons. The molecule has 6 nitrogen and oxygen atoms in total. The van der Waals surface area contributed by atoms with E-state index < -0.39 is 23.5 Å². The predicted octanol–water partition coefficient (Wildman–Crippen LogP) is 3.53. The van der Waals surface area contributed by atoms with Crippen molar-refractivity contribution in [3.63, 3.8) is 0 Å². The fourth-order valence-electron chi connectivity index (χ4n) is 4.42. The molecule has 0 aromatic heterocycles. The lowest BCUT2D eigenvalue weighted by molar-refractivity contribution is -0.136. The summed E-state index contributed by atoms with van der Waals surface area (Å²) < 4.78 is 13.4. The number of imide groups is 1. The van der Waals surface area contributed by atoms with Gasteiger partial charge in [0.25, 0.3) is 5.91 Å². The second-order valence-corrected chi connectivity index (χ2v) is 8.55. The molecule has 7 heteroatoms. The van der Waals surface area contributed by atoms with Gasteiger partial charge in [0, 0.05) is 0 Å². The van der Waals surface area contributed by atoms with Crippen molar-refractivity contribution in [3.8, 4) is 0 Å². The Bertz CT molecular complexity index is 969. The Labute approximate surface area is 180 Å². The number of amides is 4. The van der Waals surface area contributed by atoms with Crippen molar-refractivity contribution in [2.24, 2.45) is 5.92 Å². The van der Waals surface area contributed by atoms with Crippen LogP contribution in [0.5, 0.6) is 0 Å². The van der Waals surface area contributed by atoms with Crippen LogP contribution < -0.4 is 10.6 Å². The van der Waals surface area contributed by atoms with Crippen LogP contribution in [0.2, 0.25) is 0 Å². The number of nitrogens with zero attached hydrogens (tertiary/aromatic N) is 1. The zero-order chi connectivity index (χ0) is 22.0. The number of hydrogen-bond donors (Lipinski definition) is 2. The Kier molecular flexibility index (Phi) is 5.76. The molecule has 4 amide bonds. The van der Waals surface area contributed by atoms with Crippen LogP contribution in [-0.2, 0) is 9.59 Å². The largest absolute Gasteiger partial charge is 0.344 e. The van der Waals surface area contributed by atoms with E-state index in [9.17, 15) is 18.8 Å². The summed E-state index contributed by atoms with van der Waals surface area (Å²) in [5, 5.41) is 5.73. The van der Waals surface area contributed by atoms with Crippen LogP contribution in [0.1, 0.15) is 49.8 Å². The molecule has 31 heavy (non-hydrogen) atoms. The summed E-state index contributed by atoms with van der Waals surface area (Å²) in [5.74, 6) is -0.621. The zero-order valence-corrected chi connectivity index (χ0v) is 17.4. The van der Waals surface area contributed by atoms with E-state index in [1.54, 1.807) is 12.1 Å². The van der Waals surface area contributed by atoms with Crippen molar-refractivity contribution in [1.29, 1.82) is 0 Å². The van der Waals surface area contributed by atoms with Crippen molar-refractivity contribution in [3.05, 3.63) is 71.5 Å². The quantitative estimate of drug-likeness (QED) is 0.722. The van der Waals surface area contributed by atoms with Crippen LogP contribution in [0, 0.1) is 11.7 Å². The fraction of sp³-hybridized carbons (Fsp3) is 0.375. The summed E-state index contributed by atoms with van der Waals surface area (Å²) in [5.41, 5.74) is 0.646. The topological polar surface area (TPSA) is 78.5 Å². The minimum absolute atomic E-state index is 0.322. The molecule has 1 atom stereocenters. The molecule has 0 bridgehead atoms. The van der Waals surface area contributed by atoms with Gasteiger partial charge in [-0.3, -0.25) is 14.5 Å². The van der Waals surface area contributed by atoms with Crippen LogP contribution in [0.15, 0.2) is 54.6 Å². The van der Waals surface area contributed by atoms with Crippen molar-refractivity contribution >= 4 is 17.8 Å². The number of nitrogens with one attached hydrogen (secondary N) is 2. The summed E-state index contributed by atoms with van der Waals surface area (Å²) in [7, 11) is 0. The maximum absolute atomic E-state index is 13.4. The van der Waals surface area contributed by atoms with Gasteiger partial charge < -0.3 is 10.6 Å². The molecule has 162 valence electrons. The Hall–Kier alpha value is -3.22. The normalized spacial score (nSPS) is 24.2. The highest BCUT2D eigenvalue weighted by Crippen LogP contribution is 2.36. The van der Waals surface area contributed by atoms with Crippen molar-refractivity contribution in [2.75, 3.05) is 6.54 Å². The highest BCUT2D eigenvalue weighted by atomic mass is 19.1. The van der Waals surface area contributed by atoms with Gasteiger partial charge in [0.1, 0.15) is 17.9 Å². The monoisotopic (exact) mass is 423 g/mol. The summed E-state index contributed by atoms with van der Waals surface area (Å²) in [4.78, 5) is 39.4. The summed E-state index contributed by atoms with van der Waals surface area (Å²) in [6, 6.07) is 14.1. The lowest BCUT2D eigenvalue weighted by Crippen LogP contribution is -2.50. The van der Waals surface area contributed by atoms with E-state index in [2.05, 4.69) is 17.6 Å². The molecular formula is C24H26FN3O3.